The maximum atomic E-state index is 11.8. The van der Waals surface area contributed by atoms with Crippen molar-refractivity contribution in [2.24, 2.45) is 5.41 Å². The molecule has 2 saturated heterocycles. The van der Waals surface area contributed by atoms with Crippen LogP contribution in [0.1, 0.15) is 25.0 Å². The highest BCUT2D eigenvalue weighted by molar-refractivity contribution is 5.84. The van der Waals surface area contributed by atoms with Crippen molar-refractivity contribution in [2.45, 2.75) is 25.8 Å². The van der Waals surface area contributed by atoms with Crippen LogP contribution in [0.3, 0.4) is 0 Å². The molecule has 1 spiro atoms. The van der Waals surface area contributed by atoms with E-state index in [2.05, 4.69) is 10.2 Å². The molecule has 1 aromatic heterocycles. The highest BCUT2D eigenvalue weighted by Gasteiger charge is 2.44. The van der Waals surface area contributed by atoms with Crippen LogP contribution in [0, 0.1) is 5.41 Å². The lowest BCUT2D eigenvalue weighted by Crippen LogP contribution is -2.43. The van der Waals surface area contributed by atoms with Gasteiger partial charge in [0.2, 0.25) is 5.91 Å². The van der Waals surface area contributed by atoms with E-state index < -0.39 is 0 Å². The average molecular weight is 234 g/mol. The van der Waals surface area contributed by atoms with Crippen molar-refractivity contribution in [1.82, 2.24) is 10.2 Å². The maximum Gasteiger partial charge on any atom is 0.226 e. The van der Waals surface area contributed by atoms with Gasteiger partial charge < -0.3 is 9.73 Å². The highest BCUT2D eigenvalue weighted by atomic mass is 16.3. The predicted molar refractivity (Wildman–Crippen MR) is 63.3 cm³/mol. The number of amides is 1. The van der Waals surface area contributed by atoms with Crippen molar-refractivity contribution in [2.75, 3.05) is 19.6 Å². The lowest BCUT2D eigenvalue weighted by molar-refractivity contribution is -0.130. The van der Waals surface area contributed by atoms with E-state index in [-0.39, 0.29) is 11.3 Å². The second kappa shape index (κ2) is 4.18. The molecule has 0 aliphatic carbocycles. The SMILES string of the molecule is O=C1NCCC12CCN(Cc1ccco1)CC2. The zero-order chi connectivity index (χ0) is 11.7. The fraction of sp³-hybridized carbons (Fsp3) is 0.615. The van der Waals surface area contributed by atoms with Crippen LogP contribution in [0.25, 0.3) is 0 Å². The Morgan fingerprint density at radius 1 is 1.35 bits per heavy atom. The summed E-state index contributed by atoms with van der Waals surface area (Å²) in [6.45, 7) is 3.71. The van der Waals surface area contributed by atoms with E-state index in [1.807, 2.05) is 12.1 Å². The van der Waals surface area contributed by atoms with Crippen molar-refractivity contribution in [1.29, 1.82) is 0 Å². The van der Waals surface area contributed by atoms with Gasteiger partial charge in [0.05, 0.1) is 18.2 Å². The number of nitrogens with zero attached hydrogens (tertiary/aromatic N) is 1. The van der Waals surface area contributed by atoms with E-state index in [1.165, 1.54) is 0 Å². The molecule has 17 heavy (non-hydrogen) atoms. The summed E-state index contributed by atoms with van der Waals surface area (Å²) in [6.07, 6.45) is 4.70. The van der Waals surface area contributed by atoms with E-state index in [9.17, 15) is 4.79 Å². The molecule has 0 aromatic carbocycles. The summed E-state index contributed by atoms with van der Waals surface area (Å²) in [5.74, 6) is 1.28. The summed E-state index contributed by atoms with van der Waals surface area (Å²) in [5, 5.41) is 2.96. The first kappa shape index (κ1) is 10.8. The second-order valence-corrected chi connectivity index (χ2v) is 5.14. The number of likely N-dealkylation sites (tertiary alicyclic amines) is 1. The molecule has 0 bridgehead atoms. The van der Waals surface area contributed by atoms with Gasteiger partial charge in [0.25, 0.3) is 0 Å². The number of hydrogen-bond donors (Lipinski definition) is 1. The Balaban J connectivity index is 1.59. The van der Waals surface area contributed by atoms with Crippen LogP contribution in [0.15, 0.2) is 22.8 Å². The maximum absolute atomic E-state index is 11.8. The van der Waals surface area contributed by atoms with Crippen molar-refractivity contribution in [3.05, 3.63) is 24.2 Å². The van der Waals surface area contributed by atoms with E-state index in [0.717, 1.165) is 51.2 Å². The fourth-order valence-corrected chi connectivity index (χ4v) is 2.96. The third-order valence-electron chi connectivity index (χ3n) is 4.14. The topological polar surface area (TPSA) is 45.5 Å². The number of carbonyl (C=O) groups is 1. The summed E-state index contributed by atoms with van der Waals surface area (Å²) in [7, 11) is 0. The van der Waals surface area contributed by atoms with Gasteiger partial charge in [-0.15, -0.1) is 0 Å². The summed E-state index contributed by atoms with van der Waals surface area (Å²) < 4.78 is 5.35. The van der Waals surface area contributed by atoms with Crippen LogP contribution in [-0.4, -0.2) is 30.4 Å². The monoisotopic (exact) mass is 234 g/mol. The summed E-state index contributed by atoms with van der Waals surface area (Å²) in [6, 6.07) is 3.93. The minimum Gasteiger partial charge on any atom is -0.468 e. The molecule has 4 heteroatoms. The van der Waals surface area contributed by atoms with Gasteiger partial charge in [0.1, 0.15) is 5.76 Å². The van der Waals surface area contributed by atoms with Gasteiger partial charge in [0, 0.05) is 6.54 Å². The van der Waals surface area contributed by atoms with E-state index in [4.69, 9.17) is 4.42 Å². The number of furan rings is 1. The van der Waals surface area contributed by atoms with E-state index in [0.29, 0.717) is 0 Å². The fourth-order valence-electron chi connectivity index (χ4n) is 2.96. The van der Waals surface area contributed by atoms with Crippen molar-refractivity contribution < 1.29 is 9.21 Å². The molecule has 2 aliphatic heterocycles. The van der Waals surface area contributed by atoms with Crippen molar-refractivity contribution >= 4 is 5.91 Å². The molecule has 3 rings (SSSR count). The Hall–Kier alpha value is -1.29. The minimum absolute atomic E-state index is 0.0559. The zero-order valence-electron chi connectivity index (χ0n) is 9.95. The molecule has 0 atom stereocenters. The molecule has 2 aliphatic rings. The summed E-state index contributed by atoms with van der Waals surface area (Å²) in [4.78, 5) is 14.2. The molecule has 0 radical (unpaired) electrons. The number of carbonyl (C=O) groups excluding carboxylic acids is 1. The van der Waals surface area contributed by atoms with Gasteiger partial charge in [-0.3, -0.25) is 9.69 Å². The first-order valence-electron chi connectivity index (χ1n) is 6.32. The molecule has 3 heterocycles. The number of piperidine rings is 1. The smallest absolute Gasteiger partial charge is 0.226 e. The molecular weight excluding hydrogens is 216 g/mol. The number of nitrogens with one attached hydrogen (secondary N) is 1. The summed E-state index contributed by atoms with van der Waals surface area (Å²) >= 11 is 0. The Kier molecular flexibility index (Phi) is 2.67. The Morgan fingerprint density at radius 2 is 2.18 bits per heavy atom. The van der Waals surface area contributed by atoms with Gasteiger partial charge in [-0.2, -0.15) is 0 Å². The zero-order valence-corrected chi connectivity index (χ0v) is 9.95. The number of hydrogen-bond acceptors (Lipinski definition) is 3. The molecule has 1 N–H and O–H groups in total. The Labute approximate surface area is 101 Å². The quantitative estimate of drug-likeness (QED) is 0.841. The molecule has 2 fully saturated rings. The minimum atomic E-state index is -0.0559. The Morgan fingerprint density at radius 3 is 2.76 bits per heavy atom. The standard InChI is InChI=1S/C13H18N2O2/c16-12-13(3-6-14-12)4-7-15(8-5-13)10-11-2-1-9-17-11/h1-2,9H,3-8,10H2,(H,14,16). The summed E-state index contributed by atoms with van der Waals surface area (Å²) in [5.41, 5.74) is -0.0559. The van der Waals surface area contributed by atoms with Crippen LogP contribution in [0.4, 0.5) is 0 Å². The van der Waals surface area contributed by atoms with Crippen molar-refractivity contribution in [3.8, 4) is 0 Å². The predicted octanol–water partition coefficient (Wildman–Crippen LogP) is 1.38. The molecule has 0 saturated carbocycles. The van der Waals surface area contributed by atoms with Gasteiger partial charge in [0.15, 0.2) is 0 Å². The van der Waals surface area contributed by atoms with E-state index >= 15 is 0 Å². The van der Waals surface area contributed by atoms with Crippen LogP contribution in [0.2, 0.25) is 0 Å². The molecule has 92 valence electrons. The first-order valence-corrected chi connectivity index (χ1v) is 6.32. The second-order valence-electron chi connectivity index (χ2n) is 5.14. The Bertz CT molecular complexity index is 392. The van der Waals surface area contributed by atoms with Gasteiger partial charge >= 0.3 is 0 Å². The van der Waals surface area contributed by atoms with Crippen LogP contribution >= 0.6 is 0 Å². The van der Waals surface area contributed by atoms with Crippen molar-refractivity contribution in [3.63, 3.8) is 0 Å². The molecule has 1 amide bonds. The molecular formula is C13H18N2O2. The van der Waals surface area contributed by atoms with Crippen LogP contribution in [0.5, 0.6) is 0 Å². The third kappa shape index (κ3) is 1.97. The van der Waals surface area contributed by atoms with Gasteiger partial charge in [-0.1, -0.05) is 0 Å². The largest absolute Gasteiger partial charge is 0.468 e. The first-order chi connectivity index (χ1) is 8.28. The van der Waals surface area contributed by atoms with Crippen LogP contribution in [-0.2, 0) is 11.3 Å². The third-order valence-corrected chi connectivity index (χ3v) is 4.14. The van der Waals surface area contributed by atoms with Crippen LogP contribution < -0.4 is 5.32 Å². The molecule has 0 unspecified atom stereocenters. The molecule has 1 aromatic rings. The van der Waals surface area contributed by atoms with E-state index in [1.54, 1.807) is 6.26 Å². The normalized spacial score (nSPS) is 24.1. The van der Waals surface area contributed by atoms with Gasteiger partial charge in [-0.25, -0.2) is 0 Å². The highest BCUT2D eigenvalue weighted by Crippen LogP contribution is 2.38. The lowest BCUT2D eigenvalue weighted by atomic mass is 9.77. The average Bonchev–Trinajstić information content (AvgIpc) is 2.94. The lowest BCUT2D eigenvalue weighted by Gasteiger charge is -2.36. The number of rotatable bonds is 2. The van der Waals surface area contributed by atoms with Gasteiger partial charge in [-0.05, 0) is 44.5 Å². The molecule has 4 nitrogen and oxygen atoms in total.